The van der Waals surface area contributed by atoms with Gasteiger partial charge in [-0.25, -0.2) is 9.97 Å². The van der Waals surface area contributed by atoms with Crippen molar-refractivity contribution in [3.63, 3.8) is 0 Å². The average molecular weight is 353 g/mol. The van der Waals surface area contributed by atoms with Gasteiger partial charge in [0.05, 0.1) is 10.7 Å². The molecule has 0 atom stereocenters. The standard InChI is InChI=1S/C19H17ClN4O/c1-13-6-2-3-7-14(13)12-22-18(25)17-10-11-21-19(24-17)23-16-9-5-4-8-15(16)20/h2-11H,12H2,1H3,(H,22,25)(H,21,23,24). The number of para-hydroxylation sites is 1. The first kappa shape index (κ1) is 16.9. The smallest absolute Gasteiger partial charge is 0.270 e. The van der Waals surface area contributed by atoms with E-state index in [4.69, 9.17) is 11.6 Å². The van der Waals surface area contributed by atoms with Gasteiger partial charge in [0.1, 0.15) is 5.69 Å². The van der Waals surface area contributed by atoms with Gasteiger partial charge in [-0.1, -0.05) is 48.0 Å². The molecule has 5 nitrogen and oxygen atoms in total. The number of hydrogen-bond acceptors (Lipinski definition) is 4. The van der Waals surface area contributed by atoms with Gasteiger partial charge >= 0.3 is 0 Å². The van der Waals surface area contributed by atoms with Crippen molar-refractivity contribution in [2.45, 2.75) is 13.5 Å². The summed E-state index contributed by atoms with van der Waals surface area (Å²) in [6.07, 6.45) is 1.54. The van der Waals surface area contributed by atoms with Crippen LogP contribution in [0.4, 0.5) is 11.6 Å². The Morgan fingerprint density at radius 1 is 1.08 bits per heavy atom. The molecule has 0 saturated heterocycles. The second-order valence-electron chi connectivity index (χ2n) is 5.48. The van der Waals surface area contributed by atoms with E-state index in [-0.39, 0.29) is 11.6 Å². The lowest BCUT2D eigenvalue weighted by Crippen LogP contribution is -2.24. The van der Waals surface area contributed by atoms with Crippen molar-refractivity contribution < 1.29 is 4.79 Å². The fourth-order valence-corrected chi connectivity index (χ4v) is 2.49. The van der Waals surface area contributed by atoms with Crippen LogP contribution in [0.2, 0.25) is 5.02 Å². The number of carbonyl (C=O) groups is 1. The predicted molar refractivity (Wildman–Crippen MR) is 99.1 cm³/mol. The van der Waals surface area contributed by atoms with Crippen molar-refractivity contribution in [3.8, 4) is 0 Å². The van der Waals surface area contributed by atoms with Crippen LogP contribution in [0.5, 0.6) is 0 Å². The molecule has 6 heteroatoms. The summed E-state index contributed by atoms with van der Waals surface area (Å²) in [5.74, 6) is 0.0597. The summed E-state index contributed by atoms with van der Waals surface area (Å²) in [7, 11) is 0. The molecule has 0 spiro atoms. The number of nitrogens with zero attached hydrogens (tertiary/aromatic N) is 2. The number of anilines is 2. The molecule has 2 N–H and O–H groups in total. The maximum atomic E-state index is 12.3. The molecular weight excluding hydrogens is 336 g/mol. The minimum absolute atomic E-state index is 0.257. The highest BCUT2D eigenvalue weighted by atomic mass is 35.5. The number of benzene rings is 2. The number of carbonyl (C=O) groups excluding carboxylic acids is 1. The maximum absolute atomic E-state index is 12.3. The summed E-state index contributed by atoms with van der Waals surface area (Å²) >= 11 is 6.11. The largest absolute Gasteiger partial charge is 0.347 e. The van der Waals surface area contributed by atoms with Crippen LogP contribution in [0, 0.1) is 6.92 Å². The number of hydrogen-bond donors (Lipinski definition) is 2. The Labute approximate surface area is 151 Å². The molecule has 126 valence electrons. The topological polar surface area (TPSA) is 66.9 Å². The lowest BCUT2D eigenvalue weighted by atomic mass is 10.1. The SMILES string of the molecule is Cc1ccccc1CNC(=O)c1ccnc(Nc2ccccc2Cl)n1. The van der Waals surface area contributed by atoms with E-state index in [1.807, 2.05) is 49.4 Å². The number of aromatic nitrogens is 2. The highest BCUT2D eigenvalue weighted by Gasteiger charge is 2.10. The lowest BCUT2D eigenvalue weighted by molar-refractivity contribution is 0.0946. The van der Waals surface area contributed by atoms with Crippen LogP contribution in [0.15, 0.2) is 60.8 Å². The van der Waals surface area contributed by atoms with Gasteiger partial charge in [0.2, 0.25) is 5.95 Å². The van der Waals surface area contributed by atoms with Crippen LogP contribution in [0.3, 0.4) is 0 Å². The van der Waals surface area contributed by atoms with Crippen molar-refractivity contribution in [2.24, 2.45) is 0 Å². The van der Waals surface area contributed by atoms with Crippen LogP contribution in [-0.4, -0.2) is 15.9 Å². The van der Waals surface area contributed by atoms with Gasteiger partial charge in [0.15, 0.2) is 0 Å². The van der Waals surface area contributed by atoms with Crippen LogP contribution < -0.4 is 10.6 Å². The van der Waals surface area contributed by atoms with E-state index >= 15 is 0 Å². The van der Waals surface area contributed by atoms with E-state index in [1.54, 1.807) is 12.1 Å². The molecule has 0 aliphatic heterocycles. The summed E-state index contributed by atoms with van der Waals surface area (Å²) < 4.78 is 0. The summed E-state index contributed by atoms with van der Waals surface area (Å²) in [4.78, 5) is 20.7. The lowest BCUT2D eigenvalue weighted by Gasteiger charge is -2.09. The third-order valence-electron chi connectivity index (χ3n) is 3.71. The van der Waals surface area contributed by atoms with Gasteiger partial charge in [-0.15, -0.1) is 0 Å². The van der Waals surface area contributed by atoms with Crippen LogP contribution >= 0.6 is 11.6 Å². The number of nitrogens with one attached hydrogen (secondary N) is 2. The first-order valence-corrected chi connectivity index (χ1v) is 8.18. The van der Waals surface area contributed by atoms with E-state index in [0.717, 1.165) is 11.1 Å². The summed E-state index contributed by atoms with van der Waals surface area (Å²) in [6, 6.07) is 16.8. The van der Waals surface area contributed by atoms with Crippen molar-refractivity contribution >= 4 is 29.1 Å². The molecule has 2 aromatic carbocycles. The highest BCUT2D eigenvalue weighted by Crippen LogP contribution is 2.23. The average Bonchev–Trinajstić information content (AvgIpc) is 2.63. The molecule has 0 unspecified atom stereocenters. The molecule has 0 radical (unpaired) electrons. The molecule has 0 bridgehead atoms. The van der Waals surface area contributed by atoms with Crippen molar-refractivity contribution in [2.75, 3.05) is 5.32 Å². The summed E-state index contributed by atoms with van der Waals surface area (Å²) in [5, 5.41) is 6.45. The summed E-state index contributed by atoms with van der Waals surface area (Å²) in [6.45, 7) is 2.46. The zero-order valence-electron chi connectivity index (χ0n) is 13.7. The second kappa shape index (κ2) is 7.77. The van der Waals surface area contributed by atoms with E-state index < -0.39 is 0 Å². The molecule has 0 saturated carbocycles. The predicted octanol–water partition coefficient (Wildman–Crippen LogP) is 4.11. The molecule has 0 fully saturated rings. The maximum Gasteiger partial charge on any atom is 0.270 e. The Bertz CT molecular complexity index is 898. The van der Waals surface area contributed by atoms with Gasteiger partial charge in [-0.2, -0.15) is 0 Å². The number of rotatable bonds is 5. The Morgan fingerprint density at radius 3 is 2.64 bits per heavy atom. The minimum Gasteiger partial charge on any atom is -0.347 e. The van der Waals surface area contributed by atoms with Gasteiger partial charge in [0.25, 0.3) is 5.91 Å². The van der Waals surface area contributed by atoms with Gasteiger partial charge in [0, 0.05) is 12.7 Å². The van der Waals surface area contributed by atoms with Crippen LogP contribution in [0.1, 0.15) is 21.6 Å². The first-order chi connectivity index (χ1) is 12.1. The van der Waals surface area contributed by atoms with E-state index in [2.05, 4.69) is 20.6 Å². The Kier molecular flexibility index (Phi) is 5.26. The first-order valence-electron chi connectivity index (χ1n) is 7.81. The molecule has 0 aliphatic carbocycles. The zero-order chi connectivity index (χ0) is 17.6. The Morgan fingerprint density at radius 2 is 1.84 bits per heavy atom. The fourth-order valence-electron chi connectivity index (χ4n) is 2.30. The van der Waals surface area contributed by atoms with E-state index in [1.165, 1.54) is 6.20 Å². The summed E-state index contributed by atoms with van der Waals surface area (Å²) in [5.41, 5.74) is 3.17. The third-order valence-corrected chi connectivity index (χ3v) is 4.04. The molecule has 1 amide bonds. The van der Waals surface area contributed by atoms with E-state index in [0.29, 0.717) is 23.2 Å². The molecule has 3 rings (SSSR count). The molecule has 0 aliphatic rings. The van der Waals surface area contributed by atoms with E-state index in [9.17, 15) is 4.79 Å². The normalized spacial score (nSPS) is 10.3. The van der Waals surface area contributed by atoms with Crippen molar-refractivity contribution in [1.82, 2.24) is 15.3 Å². The Balaban J connectivity index is 1.69. The third kappa shape index (κ3) is 4.33. The van der Waals surface area contributed by atoms with Gasteiger partial charge in [-0.3, -0.25) is 4.79 Å². The zero-order valence-corrected chi connectivity index (χ0v) is 14.4. The number of halogens is 1. The molecule has 1 heterocycles. The number of aryl methyl sites for hydroxylation is 1. The van der Waals surface area contributed by atoms with Gasteiger partial charge < -0.3 is 10.6 Å². The second-order valence-corrected chi connectivity index (χ2v) is 5.89. The molecule has 1 aromatic heterocycles. The monoisotopic (exact) mass is 352 g/mol. The highest BCUT2D eigenvalue weighted by molar-refractivity contribution is 6.33. The minimum atomic E-state index is -0.257. The fraction of sp³-hybridized carbons (Fsp3) is 0.105. The van der Waals surface area contributed by atoms with Crippen LogP contribution in [0.25, 0.3) is 0 Å². The van der Waals surface area contributed by atoms with Crippen LogP contribution in [-0.2, 0) is 6.54 Å². The van der Waals surface area contributed by atoms with Crippen molar-refractivity contribution in [1.29, 1.82) is 0 Å². The number of amides is 1. The molecule has 25 heavy (non-hydrogen) atoms. The van der Waals surface area contributed by atoms with Crippen molar-refractivity contribution in [3.05, 3.63) is 82.6 Å². The molecular formula is C19H17ClN4O. The molecule has 3 aromatic rings. The quantitative estimate of drug-likeness (QED) is 0.725. The van der Waals surface area contributed by atoms with Gasteiger partial charge in [-0.05, 0) is 36.2 Å². The Hall–Kier alpha value is -2.92.